The molecule has 0 saturated carbocycles. The lowest BCUT2D eigenvalue weighted by molar-refractivity contribution is -0.143. The second kappa shape index (κ2) is 9.52. The van der Waals surface area contributed by atoms with Crippen LogP contribution in [0, 0.1) is 0 Å². The summed E-state index contributed by atoms with van der Waals surface area (Å²) in [6.07, 6.45) is -9.54. The number of alkyl halides is 6. The van der Waals surface area contributed by atoms with Gasteiger partial charge in [-0.2, -0.15) is 26.3 Å². The van der Waals surface area contributed by atoms with Crippen molar-refractivity contribution in [3.8, 4) is 17.2 Å². The molecule has 0 aliphatic rings. The molecule has 3 aromatic rings. The number of hydrogen-bond acceptors (Lipinski definition) is 5. The number of methoxy groups -OCH3 is 1. The molecule has 0 atom stereocenters. The van der Waals surface area contributed by atoms with Gasteiger partial charge in [0.25, 0.3) is 5.91 Å². The Balaban J connectivity index is 2.19. The number of carboxylic acid groups (broad SMARTS) is 1. The molecule has 0 aliphatic carbocycles. The van der Waals surface area contributed by atoms with Crippen LogP contribution in [0.5, 0.6) is 17.2 Å². The third-order valence-electron chi connectivity index (χ3n) is 4.51. The number of rotatable bonds is 6. The number of amides is 1. The van der Waals surface area contributed by atoms with E-state index in [1.807, 2.05) is 5.32 Å². The van der Waals surface area contributed by atoms with E-state index in [1.165, 1.54) is 37.4 Å². The van der Waals surface area contributed by atoms with Crippen LogP contribution in [0.15, 0.2) is 54.7 Å². The van der Waals surface area contributed by atoms with Crippen molar-refractivity contribution >= 4 is 17.6 Å². The Bertz CT molecular complexity index is 1260. The van der Waals surface area contributed by atoms with E-state index in [-0.39, 0.29) is 17.9 Å². The zero-order valence-electron chi connectivity index (χ0n) is 17.5. The zero-order chi connectivity index (χ0) is 26.0. The highest BCUT2D eigenvalue weighted by molar-refractivity contribution is 6.09. The molecule has 184 valence electrons. The van der Waals surface area contributed by atoms with Crippen molar-refractivity contribution in [2.45, 2.75) is 12.4 Å². The average Bonchev–Trinajstić information content (AvgIpc) is 2.78. The van der Waals surface area contributed by atoms with E-state index in [0.717, 1.165) is 12.3 Å². The molecule has 0 radical (unpaired) electrons. The summed E-state index contributed by atoms with van der Waals surface area (Å²) in [4.78, 5) is 27.8. The molecular formula is C22H14F6N2O5. The maximum atomic E-state index is 13.8. The van der Waals surface area contributed by atoms with Crippen LogP contribution in [0.3, 0.4) is 0 Å². The van der Waals surface area contributed by atoms with Gasteiger partial charge in [0.2, 0.25) is 0 Å². The van der Waals surface area contributed by atoms with Crippen LogP contribution in [0.25, 0.3) is 0 Å². The second-order valence-corrected chi connectivity index (χ2v) is 6.83. The van der Waals surface area contributed by atoms with Crippen molar-refractivity contribution in [3.63, 3.8) is 0 Å². The van der Waals surface area contributed by atoms with E-state index in [0.29, 0.717) is 5.75 Å². The van der Waals surface area contributed by atoms with E-state index in [4.69, 9.17) is 9.47 Å². The molecule has 0 aliphatic heterocycles. The number of hydrogen-bond donors (Lipinski definition) is 2. The van der Waals surface area contributed by atoms with E-state index in [9.17, 15) is 41.0 Å². The minimum Gasteiger partial charge on any atom is -0.497 e. The van der Waals surface area contributed by atoms with Gasteiger partial charge in [0.1, 0.15) is 17.2 Å². The number of anilines is 1. The molecule has 7 nitrogen and oxygen atoms in total. The summed E-state index contributed by atoms with van der Waals surface area (Å²) < 4.78 is 91.8. The van der Waals surface area contributed by atoms with Crippen LogP contribution >= 0.6 is 0 Å². The maximum absolute atomic E-state index is 13.8. The average molecular weight is 500 g/mol. The zero-order valence-corrected chi connectivity index (χ0v) is 17.5. The quantitative estimate of drug-likeness (QED) is 0.411. The standard InChI is InChI=1S/C22H14F6N2O5/c1-34-12-4-6-13(7-5-12)35-16-10-11(21(23,24)25)9-14(22(26,27)28)17(16)19(31)30-15-3-2-8-29-18(15)20(32)33/h2-10H,1H3,(H,30,31)(H,32,33). The monoisotopic (exact) mass is 500 g/mol. The highest BCUT2D eigenvalue weighted by atomic mass is 19.4. The maximum Gasteiger partial charge on any atom is 0.417 e. The molecule has 0 spiro atoms. The number of carboxylic acids is 1. The van der Waals surface area contributed by atoms with Crippen LogP contribution in [-0.2, 0) is 12.4 Å². The smallest absolute Gasteiger partial charge is 0.417 e. The number of aromatic nitrogens is 1. The molecule has 1 aromatic heterocycles. The molecule has 35 heavy (non-hydrogen) atoms. The van der Waals surface area contributed by atoms with Crippen molar-refractivity contribution in [2.75, 3.05) is 12.4 Å². The van der Waals surface area contributed by atoms with Gasteiger partial charge < -0.3 is 19.9 Å². The number of aromatic carboxylic acids is 1. The molecule has 3 rings (SSSR count). The number of carbonyl (C=O) groups excluding carboxylic acids is 1. The highest BCUT2D eigenvalue weighted by Crippen LogP contribution is 2.43. The van der Waals surface area contributed by atoms with E-state index in [1.54, 1.807) is 0 Å². The van der Waals surface area contributed by atoms with E-state index >= 15 is 0 Å². The Kier molecular flexibility index (Phi) is 6.89. The molecule has 13 heteroatoms. The Morgan fingerprint density at radius 2 is 1.57 bits per heavy atom. The Labute approximate surface area is 192 Å². The van der Waals surface area contributed by atoms with Gasteiger partial charge in [0, 0.05) is 6.20 Å². The second-order valence-electron chi connectivity index (χ2n) is 6.83. The van der Waals surface area contributed by atoms with Crippen molar-refractivity contribution in [2.24, 2.45) is 0 Å². The van der Waals surface area contributed by atoms with Gasteiger partial charge in [0.05, 0.1) is 29.5 Å². The lowest BCUT2D eigenvalue weighted by Crippen LogP contribution is -2.22. The van der Waals surface area contributed by atoms with Crippen LogP contribution in [0.4, 0.5) is 32.0 Å². The molecular weight excluding hydrogens is 486 g/mol. The molecule has 0 bridgehead atoms. The van der Waals surface area contributed by atoms with Crippen LogP contribution in [-0.4, -0.2) is 29.1 Å². The molecule has 0 saturated heterocycles. The first-order chi connectivity index (χ1) is 16.3. The molecule has 1 heterocycles. The lowest BCUT2D eigenvalue weighted by Gasteiger charge is -2.20. The highest BCUT2D eigenvalue weighted by Gasteiger charge is 2.42. The van der Waals surface area contributed by atoms with E-state index in [2.05, 4.69) is 4.98 Å². The van der Waals surface area contributed by atoms with Crippen LogP contribution in [0.1, 0.15) is 32.0 Å². The number of nitrogens with zero attached hydrogens (tertiary/aromatic N) is 1. The largest absolute Gasteiger partial charge is 0.497 e. The normalized spacial score (nSPS) is 11.6. The third kappa shape index (κ3) is 5.80. The summed E-state index contributed by atoms with van der Waals surface area (Å²) >= 11 is 0. The lowest BCUT2D eigenvalue weighted by atomic mass is 10.0. The van der Waals surface area contributed by atoms with Crippen molar-refractivity contribution in [1.29, 1.82) is 0 Å². The molecule has 2 N–H and O–H groups in total. The first-order valence-electron chi connectivity index (χ1n) is 9.45. The van der Waals surface area contributed by atoms with Gasteiger partial charge >= 0.3 is 18.3 Å². The summed E-state index contributed by atoms with van der Waals surface area (Å²) in [6, 6.07) is 7.36. The van der Waals surface area contributed by atoms with Gasteiger partial charge in [-0.3, -0.25) is 4.79 Å². The van der Waals surface area contributed by atoms with Crippen LogP contribution in [0.2, 0.25) is 0 Å². The number of pyridine rings is 1. The van der Waals surface area contributed by atoms with Gasteiger partial charge in [-0.15, -0.1) is 0 Å². The minimum atomic E-state index is -5.41. The first-order valence-corrected chi connectivity index (χ1v) is 9.45. The summed E-state index contributed by atoms with van der Waals surface area (Å²) in [5, 5.41) is 11.2. The first kappa shape index (κ1) is 25.3. The van der Waals surface area contributed by atoms with Gasteiger partial charge in [-0.05, 0) is 48.5 Å². The fourth-order valence-electron chi connectivity index (χ4n) is 2.95. The molecule has 0 fully saturated rings. The SMILES string of the molecule is COc1ccc(Oc2cc(C(F)(F)F)cc(C(F)(F)F)c2C(=O)Nc2cccnc2C(=O)O)cc1. The van der Waals surface area contributed by atoms with Crippen molar-refractivity contribution < 1.29 is 50.5 Å². The summed E-state index contributed by atoms with van der Waals surface area (Å²) in [7, 11) is 1.34. The summed E-state index contributed by atoms with van der Waals surface area (Å²) in [6.45, 7) is 0. The molecule has 2 aromatic carbocycles. The topological polar surface area (TPSA) is 97.8 Å². The Hall–Kier alpha value is -4.29. The number of halogens is 6. The fraction of sp³-hybridized carbons (Fsp3) is 0.136. The number of carbonyl (C=O) groups is 2. The summed E-state index contributed by atoms with van der Waals surface area (Å²) in [5.41, 5.74) is -6.11. The third-order valence-corrected chi connectivity index (χ3v) is 4.51. The van der Waals surface area contributed by atoms with Gasteiger partial charge in [0.15, 0.2) is 5.69 Å². The number of ether oxygens (including phenoxy) is 2. The fourth-order valence-corrected chi connectivity index (χ4v) is 2.95. The Morgan fingerprint density at radius 3 is 2.11 bits per heavy atom. The number of benzene rings is 2. The van der Waals surface area contributed by atoms with Crippen molar-refractivity contribution in [3.05, 3.63) is 77.1 Å². The predicted octanol–water partition coefficient (Wildman–Crippen LogP) is 5.87. The van der Waals surface area contributed by atoms with Gasteiger partial charge in [-0.1, -0.05) is 0 Å². The number of nitrogens with one attached hydrogen (secondary N) is 1. The molecule has 0 unspecified atom stereocenters. The summed E-state index contributed by atoms with van der Waals surface area (Å²) in [5.74, 6) is -4.09. The van der Waals surface area contributed by atoms with Crippen LogP contribution < -0.4 is 14.8 Å². The minimum absolute atomic E-state index is 0.195. The van der Waals surface area contributed by atoms with Crippen molar-refractivity contribution in [1.82, 2.24) is 4.98 Å². The predicted molar refractivity (Wildman–Crippen MR) is 109 cm³/mol. The molecule has 1 amide bonds. The van der Waals surface area contributed by atoms with Gasteiger partial charge in [-0.25, -0.2) is 9.78 Å². The van der Waals surface area contributed by atoms with E-state index < -0.39 is 58.1 Å². The Morgan fingerprint density at radius 1 is 0.943 bits per heavy atom.